The second-order valence-electron chi connectivity index (χ2n) is 3.37. The van der Waals surface area contributed by atoms with Gasteiger partial charge in [0, 0.05) is 10.5 Å². The summed E-state index contributed by atoms with van der Waals surface area (Å²) in [6.45, 7) is 3.83. The van der Waals surface area contributed by atoms with Crippen LogP contribution in [0.2, 0.25) is 0 Å². The predicted molar refractivity (Wildman–Crippen MR) is 65.3 cm³/mol. The first kappa shape index (κ1) is 11.3. The molecule has 82 valence electrons. The number of aldehydes is 1. The number of hydrogen-bond donors (Lipinski definition) is 0. The van der Waals surface area contributed by atoms with Gasteiger partial charge in [0.05, 0.1) is 0 Å². The number of aromatic nitrogens is 2. The van der Waals surface area contributed by atoms with E-state index in [1.54, 1.807) is 0 Å². The molecule has 0 fully saturated rings. The van der Waals surface area contributed by atoms with Crippen molar-refractivity contribution in [3.63, 3.8) is 0 Å². The van der Waals surface area contributed by atoms with Crippen molar-refractivity contribution in [1.82, 2.24) is 9.36 Å². The van der Waals surface area contributed by atoms with Crippen molar-refractivity contribution in [2.45, 2.75) is 23.1 Å². The second kappa shape index (κ2) is 4.76. The molecule has 0 bridgehead atoms. The van der Waals surface area contributed by atoms with Crippen LogP contribution >= 0.6 is 23.3 Å². The predicted octanol–water partition coefficient (Wildman–Crippen LogP) is 3.12. The molecule has 0 saturated carbocycles. The van der Waals surface area contributed by atoms with Crippen LogP contribution < -0.4 is 0 Å². The Balaban J connectivity index is 2.30. The molecule has 0 N–H and O–H groups in total. The van der Waals surface area contributed by atoms with Gasteiger partial charge in [0.1, 0.15) is 5.82 Å². The van der Waals surface area contributed by atoms with Gasteiger partial charge in [-0.3, -0.25) is 4.79 Å². The fraction of sp³-hybridized carbons (Fsp3) is 0.182. The topological polar surface area (TPSA) is 42.9 Å². The summed E-state index contributed by atoms with van der Waals surface area (Å²) in [5.41, 5.74) is 1.79. The van der Waals surface area contributed by atoms with Crippen LogP contribution in [0.1, 0.15) is 21.7 Å². The molecular weight excluding hydrogens is 240 g/mol. The maximum Gasteiger partial charge on any atom is 0.174 e. The van der Waals surface area contributed by atoms with Gasteiger partial charge < -0.3 is 0 Å². The average molecular weight is 250 g/mol. The quantitative estimate of drug-likeness (QED) is 0.785. The van der Waals surface area contributed by atoms with E-state index >= 15 is 0 Å². The zero-order valence-electron chi connectivity index (χ0n) is 8.93. The summed E-state index contributed by atoms with van der Waals surface area (Å²) in [6.07, 6.45) is 0.878. The molecule has 0 aliphatic rings. The zero-order chi connectivity index (χ0) is 11.5. The SMILES string of the molecule is Cc1ccc(Sc2nc(C)ns2)c(C=O)c1. The third-order valence-electron chi connectivity index (χ3n) is 2.00. The first-order chi connectivity index (χ1) is 7.69. The highest BCUT2D eigenvalue weighted by Gasteiger charge is 2.07. The Morgan fingerprint density at radius 3 is 2.81 bits per heavy atom. The summed E-state index contributed by atoms with van der Waals surface area (Å²) in [6, 6.07) is 5.81. The van der Waals surface area contributed by atoms with E-state index in [4.69, 9.17) is 0 Å². The number of carbonyl (C=O) groups is 1. The van der Waals surface area contributed by atoms with E-state index < -0.39 is 0 Å². The molecule has 3 nitrogen and oxygen atoms in total. The fourth-order valence-electron chi connectivity index (χ4n) is 1.27. The molecule has 1 aromatic carbocycles. The smallest absolute Gasteiger partial charge is 0.174 e. The highest BCUT2D eigenvalue weighted by molar-refractivity contribution is 8.01. The van der Waals surface area contributed by atoms with Gasteiger partial charge in [-0.1, -0.05) is 23.4 Å². The van der Waals surface area contributed by atoms with Gasteiger partial charge >= 0.3 is 0 Å². The monoisotopic (exact) mass is 250 g/mol. The normalized spacial score (nSPS) is 10.4. The molecule has 2 aromatic rings. The molecule has 16 heavy (non-hydrogen) atoms. The minimum absolute atomic E-state index is 0.706. The van der Waals surface area contributed by atoms with E-state index in [0.717, 1.165) is 26.9 Å². The number of rotatable bonds is 3. The highest BCUT2D eigenvalue weighted by Crippen LogP contribution is 2.31. The van der Waals surface area contributed by atoms with Crippen LogP contribution in [0.25, 0.3) is 0 Å². The summed E-state index contributed by atoms with van der Waals surface area (Å²) in [4.78, 5) is 16.1. The molecule has 0 amide bonds. The van der Waals surface area contributed by atoms with E-state index in [1.165, 1.54) is 23.3 Å². The van der Waals surface area contributed by atoms with Crippen molar-refractivity contribution in [3.05, 3.63) is 35.2 Å². The van der Waals surface area contributed by atoms with Crippen LogP contribution in [0.3, 0.4) is 0 Å². The average Bonchev–Trinajstić information content (AvgIpc) is 2.67. The second-order valence-corrected chi connectivity index (χ2v) is 5.41. The highest BCUT2D eigenvalue weighted by atomic mass is 32.2. The minimum atomic E-state index is 0.706. The Labute approximate surface area is 102 Å². The summed E-state index contributed by atoms with van der Waals surface area (Å²) < 4.78 is 4.97. The van der Waals surface area contributed by atoms with Gasteiger partial charge in [0.25, 0.3) is 0 Å². The third kappa shape index (κ3) is 2.48. The summed E-state index contributed by atoms with van der Waals surface area (Å²) in [7, 11) is 0. The number of carbonyl (C=O) groups excluding carboxylic acids is 1. The van der Waals surface area contributed by atoms with Crippen LogP contribution in [-0.2, 0) is 0 Å². The molecule has 0 aliphatic carbocycles. The number of hydrogen-bond acceptors (Lipinski definition) is 5. The lowest BCUT2D eigenvalue weighted by Crippen LogP contribution is -1.86. The van der Waals surface area contributed by atoms with Crippen LogP contribution in [0, 0.1) is 13.8 Å². The van der Waals surface area contributed by atoms with Crippen molar-refractivity contribution < 1.29 is 4.79 Å². The molecule has 0 atom stereocenters. The van der Waals surface area contributed by atoms with Crippen molar-refractivity contribution in [3.8, 4) is 0 Å². The molecule has 2 rings (SSSR count). The summed E-state index contributed by atoms with van der Waals surface area (Å²) in [5, 5.41) is 0. The molecule has 0 aliphatic heterocycles. The van der Waals surface area contributed by atoms with Gasteiger partial charge in [0.2, 0.25) is 0 Å². The first-order valence-electron chi connectivity index (χ1n) is 4.73. The van der Waals surface area contributed by atoms with Gasteiger partial charge in [-0.15, -0.1) is 0 Å². The number of nitrogens with zero attached hydrogens (tertiary/aromatic N) is 2. The van der Waals surface area contributed by atoms with E-state index in [9.17, 15) is 4.79 Å². The van der Waals surface area contributed by atoms with Gasteiger partial charge in [0.15, 0.2) is 10.6 Å². The van der Waals surface area contributed by atoms with E-state index in [-0.39, 0.29) is 0 Å². The Bertz CT molecular complexity index is 522. The van der Waals surface area contributed by atoms with Crippen LogP contribution in [0.5, 0.6) is 0 Å². The lowest BCUT2D eigenvalue weighted by molar-refractivity contribution is 0.112. The maximum atomic E-state index is 10.9. The van der Waals surface area contributed by atoms with Gasteiger partial charge in [-0.05, 0) is 37.5 Å². The maximum absolute atomic E-state index is 10.9. The molecule has 1 heterocycles. The Morgan fingerprint density at radius 2 is 2.19 bits per heavy atom. The van der Waals surface area contributed by atoms with Crippen LogP contribution in [-0.4, -0.2) is 15.6 Å². The third-order valence-corrected chi connectivity index (χ3v) is 3.93. The Hall–Kier alpha value is -1.20. The summed E-state index contributed by atoms with van der Waals surface area (Å²) >= 11 is 2.84. The standard InChI is InChI=1S/C11H10N2OS2/c1-7-3-4-10(9(5-7)6-14)15-11-12-8(2)13-16-11/h3-6H,1-2H3. The molecule has 5 heteroatoms. The van der Waals surface area contributed by atoms with E-state index in [1.807, 2.05) is 32.0 Å². The van der Waals surface area contributed by atoms with E-state index in [2.05, 4.69) is 9.36 Å². The van der Waals surface area contributed by atoms with Crippen molar-refractivity contribution >= 4 is 29.6 Å². The molecule has 0 unspecified atom stereocenters. The van der Waals surface area contributed by atoms with Gasteiger partial charge in [-0.25, -0.2) is 4.98 Å². The minimum Gasteiger partial charge on any atom is -0.298 e. The number of benzene rings is 1. The lowest BCUT2D eigenvalue weighted by atomic mass is 10.2. The zero-order valence-corrected chi connectivity index (χ0v) is 10.6. The molecule has 1 aromatic heterocycles. The Kier molecular flexibility index (Phi) is 3.36. The largest absolute Gasteiger partial charge is 0.298 e. The molecule has 0 spiro atoms. The van der Waals surface area contributed by atoms with Gasteiger partial charge in [-0.2, -0.15) is 4.37 Å². The molecule has 0 radical (unpaired) electrons. The first-order valence-corrected chi connectivity index (χ1v) is 6.32. The van der Waals surface area contributed by atoms with Crippen LogP contribution in [0.4, 0.5) is 0 Å². The van der Waals surface area contributed by atoms with E-state index in [0.29, 0.717) is 5.56 Å². The fourth-order valence-corrected chi connectivity index (χ4v) is 2.95. The van der Waals surface area contributed by atoms with Crippen molar-refractivity contribution in [1.29, 1.82) is 0 Å². The Morgan fingerprint density at radius 1 is 1.38 bits per heavy atom. The van der Waals surface area contributed by atoms with Crippen molar-refractivity contribution in [2.24, 2.45) is 0 Å². The lowest BCUT2D eigenvalue weighted by Gasteiger charge is -2.02. The molecular formula is C11H10N2OS2. The van der Waals surface area contributed by atoms with Crippen LogP contribution in [0.15, 0.2) is 27.4 Å². The number of aryl methyl sites for hydroxylation is 2. The summed E-state index contributed by atoms with van der Waals surface area (Å²) in [5.74, 6) is 0.771. The molecule has 0 saturated heterocycles. The van der Waals surface area contributed by atoms with Crippen molar-refractivity contribution in [2.75, 3.05) is 0 Å².